The maximum atomic E-state index is 12.7. The molecule has 0 rings (SSSR count). The van der Waals surface area contributed by atoms with Crippen molar-refractivity contribution in [1.29, 1.82) is 0 Å². The zero-order valence-electron chi connectivity index (χ0n) is 36.0. The Bertz CT molecular complexity index is 796. The number of ether oxygens (including phenoxy) is 3. The highest BCUT2D eigenvalue weighted by Gasteiger charge is 2.19. The summed E-state index contributed by atoms with van der Waals surface area (Å²) in [5.74, 6) is -0.0463. The van der Waals surface area contributed by atoms with E-state index in [1.54, 1.807) is 0 Å². The summed E-state index contributed by atoms with van der Waals surface area (Å²) >= 11 is 0. The molecule has 0 spiro atoms. The van der Waals surface area contributed by atoms with Crippen molar-refractivity contribution in [2.75, 3.05) is 13.2 Å². The van der Waals surface area contributed by atoms with E-state index in [9.17, 15) is 14.4 Å². The second kappa shape index (κ2) is 41.6. The molecule has 6 nitrogen and oxygen atoms in total. The fourth-order valence-corrected chi connectivity index (χ4v) is 6.98. The van der Waals surface area contributed by atoms with Crippen LogP contribution in [0.25, 0.3) is 0 Å². The van der Waals surface area contributed by atoms with Crippen molar-refractivity contribution in [3.05, 3.63) is 0 Å². The summed E-state index contributed by atoms with van der Waals surface area (Å²) in [7, 11) is 0. The quantitative estimate of drug-likeness (QED) is 0.0351. The number of rotatable bonds is 42. The molecule has 0 aromatic carbocycles. The van der Waals surface area contributed by atoms with Gasteiger partial charge in [0.15, 0.2) is 6.10 Å². The smallest absolute Gasteiger partial charge is 0.306 e. The summed E-state index contributed by atoms with van der Waals surface area (Å²) in [6.45, 7) is 8.96. The Balaban J connectivity index is 4.31. The van der Waals surface area contributed by atoms with Crippen molar-refractivity contribution < 1.29 is 28.6 Å². The minimum atomic E-state index is -0.759. The lowest BCUT2D eigenvalue weighted by molar-refractivity contribution is -0.167. The largest absolute Gasteiger partial charge is 0.462 e. The first-order valence-corrected chi connectivity index (χ1v) is 23.4. The van der Waals surface area contributed by atoms with Gasteiger partial charge < -0.3 is 14.2 Å². The van der Waals surface area contributed by atoms with E-state index in [-0.39, 0.29) is 31.1 Å². The first-order valence-electron chi connectivity index (χ1n) is 23.4. The molecule has 0 N–H and O–H groups in total. The maximum Gasteiger partial charge on any atom is 0.306 e. The molecule has 0 bridgehead atoms. The maximum absolute atomic E-state index is 12.7. The molecule has 0 unspecified atom stereocenters. The second-order valence-corrected chi connectivity index (χ2v) is 16.5. The van der Waals surface area contributed by atoms with Gasteiger partial charge in [0.2, 0.25) is 0 Å². The number of unbranched alkanes of at least 4 members (excludes halogenated alkanes) is 29. The van der Waals surface area contributed by atoms with Crippen LogP contribution in [0.4, 0.5) is 0 Å². The molecule has 0 aliphatic heterocycles. The Morgan fingerprint density at radius 1 is 0.358 bits per heavy atom. The lowest BCUT2D eigenvalue weighted by Gasteiger charge is -2.18. The average Bonchev–Trinajstić information content (AvgIpc) is 3.14. The molecule has 0 aliphatic carbocycles. The predicted octanol–water partition coefficient (Wildman–Crippen LogP) is 14.7. The van der Waals surface area contributed by atoms with Crippen LogP contribution in [0.3, 0.4) is 0 Å². The standard InChI is InChI=1S/C47H90O6/c1-5-7-9-11-13-15-16-17-18-19-23-28-32-36-40-47(50)53-44(41-51-45(48)38-34-30-26-21-14-12-10-8-6-2)42-52-46(49)39-35-31-27-24-20-22-25-29-33-37-43(3)4/h43-44H,5-42H2,1-4H3/t44-/m0/s1. The van der Waals surface area contributed by atoms with E-state index in [1.807, 2.05) is 0 Å². The summed E-state index contributed by atoms with van der Waals surface area (Å²) in [5.41, 5.74) is 0. The third-order valence-corrected chi connectivity index (χ3v) is 10.5. The molecule has 0 amide bonds. The normalized spacial score (nSPS) is 11.9. The Hall–Kier alpha value is -1.59. The molecule has 0 aromatic heterocycles. The van der Waals surface area contributed by atoms with E-state index >= 15 is 0 Å². The van der Waals surface area contributed by atoms with Gasteiger partial charge in [-0.1, -0.05) is 220 Å². The van der Waals surface area contributed by atoms with Gasteiger partial charge in [-0.3, -0.25) is 14.4 Å². The van der Waals surface area contributed by atoms with Crippen molar-refractivity contribution in [3.8, 4) is 0 Å². The highest BCUT2D eigenvalue weighted by Crippen LogP contribution is 2.16. The van der Waals surface area contributed by atoms with Crippen molar-refractivity contribution in [2.45, 2.75) is 265 Å². The van der Waals surface area contributed by atoms with E-state index in [2.05, 4.69) is 27.7 Å². The molecule has 0 radical (unpaired) electrons. The van der Waals surface area contributed by atoms with Crippen LogP contribution in [0.2, 0.25) is 0 Å². The molecule has 0 aliphatic rings. The number of esters is 3. The van der Waals surface area contributed by atoms with E-state index in [0.29, 0.717) is 19.3 Å². The molecule has 0 aromatic rings. The Labute approximate surface area is 329 Å². The third kappa shape index (κ3) is 41.4. The monoisotopic (exact) mass is 751 g/mol. The van der Waals surface area contributed by atoms with Crippen LogP contribution in [0, 0.1) is 5.92 Å². The predicted molar refractivity (Wildman–Crippen MR) is 224 cm³/mol. The van der Waals surface area contributed by atoms with E-state index < -0.39 is 6.10 Å². The summed E-state index contributed by atoms with van der Waals surface area (Å²) in [6.07, 6.45) is 40.9. The van der Waals surface area contributed by atoms with Gasteiger partial charge >= 0.3 is 17.9 Å². The zero-order chi connectivity index (χ0) is 38.9. The third-order valence-electron chi connectivity index (χ3n) is 10.5. The van der Waals surface area contributed by atoms with Gasteiger partial charge in [-0.25, -0.2) is 0 Å². The van der Waals surface area contributed by atoms with Gasteiger partial charge in [-0.15, -0.1) is 0 Å². The van der Waals surface area contributed by atoms with Gasteiger partial charge in [0.1, 0.15) is 13.2 Å². The van der Waals surface area contributed by atoms with Crippen LogP contribution in [-0.2, 0) is 28.6 Å². The molecule has 6 heteroatoms. The average molecular weight is 751 g/mol. The molecule has 1 atom stereocenters. The van der Waals surface area contributed by atoms with Crippen LogP contribution in [-0.4, -0.2) is 37.2 Å². The molecule has 314 valence electrons. The van der Waals surface area contributed by atoms with Crippen LogP contribution >= 0.6 is 0 Å². The summed E-state index contributed by atoms with van der Waals surface area (Å²) in [5, 5.41) is 0. The molecular weight excluding hydrogens is 661 g/mol. The highest BCUT2D eigenvalue weighted by molar-refractivity contribution is 5.71. The van der Waals surface area contributed by atoms with Gasteiger partial charge in [0, 0.05) is 19.3 Å². The SMILES string of the molecule is CCCCCCCCCCCCCCCCC(=O)O[C@@H](COC(=O)CCCCCCCCCCC)COC(=O)CCCCCCCCCCCC(C)C. The Morgan fingerprint density at radius 2 is 0.623 bits per heavy atom. The van der Waals surface area contributed by atoms with E-state index in [0.717, 1.165) is 63.7 Å². The van der Waals surface area contributed by atoms with Gasteiger partial charge in [0.05, 0.1) is 0 Å². The first-order chi connectivity index (χ1) is 25.9. The topological polar surface area (TPSA) is 78.9 Å². The van der Waals surface area contributed by atoms with Crippen LogP contribution in [0.15, 0.2) is 0 Å². The van der Waals surface area contributed by atoms with Gasteiger partial charge in [-0.2, -0.15) is 0 Å². The van der Waals surface area contributed by atoms with Gasteiger partial charge in [0.25, 0.3) is 0 Å². The van der Waals surface area contributed by atoms with Crippen molar-refractivity contribution in [2.24, 2.45) is 5.92 Å². The van der Waals surface area contributed by atoms with Gasteiger partial charge in [-0.05, 0) is 25.2 Å². The molecule has 0 saturated heterocycles. The lowest BCUT2D eigenvalue weighted by atomic mass is 10.0. The van der Waals surface area contributed by atoms with Crippen LogP contribution < -0.4 is 0 Å². The van der Waals surface area contributed by atoms with E-state index in [4.69, 9.17) is 14.2 Å². The van der Waals surface area contributed by atoms with Crippen LogP contribution in [0.5, 0.6) is 0 Å². The molecule has 0 saturated carbocycles. The Kier molecular flexibility index (Phi) is 40.3. The van der Waals surface area contributed by atoms with Crippen LogP contribution in [0.1, 0.15) is 259 Å². The minimum absolute atomic E-state index is 0.0640. The minimum Gasteiger partial charge on any atom is -0.462 e. The van der Waals surface area contributed by atoms with Crippen molar-refractivity contribution in [3.63, 3.8) is 0 Å². The first kappa shape index (κ1) is 51.4. The van der Waals surface area contributed by atoms with E-state index in [1.165, 1.54) is 154 Å². The lowest BCUT2D eigenvalue weighted by Crippen LogP contribution is -2.30. The number of carbonyl (C=O) groups is 3. The zero-order valence-corrected chi connectivity index (χ0v) is 36.0. The molecular formula is C47H90O6. The fraction of sp³-hybridized carbons (Fsp3) is 0.936. The van der Waals surface area contributed by atoms with Crippen molar-refractivity contribution in [1.82, 2.24) is 0 Å². The summed E-state index contributed by atoms with van der Waals surface area (Å²) in [6, 6.07) is 0. The molecule has 0 fully saturated rings. The fourth-order valence-electron chi connectivity index (χ4n) is 6.98. The molecule has 53 heavy (non-hydrogen) atoms. The van der Waals surface area contributed by atoms with Crippen molar-refractivity contribution >= 4 is 17.9 Å². The summed E-state index contributed by atoms with van der Waals surface area (Å²) < 4.78 is 16.7. The number of carbonyl (C=O) groups excluding carboxylic acids is 3. The number of hydrogen-bond donors (Lipinski definition) is 0. The summed E-state index contributed by atoms with van der Waals surface area (Å²) in [4.78, 5) is 37.7. The second-order valence-electron chi connectivity index (χ2n) is 16.5. The number of hydrogen-bond acceptors (Lipinski definition) is 6. The highest BCUT2D eigenvalue weighted by atomic mass is 16.6. The molecule has 0 heterocycles. The Morgan fingerprint density at radius 3 is 0.925 bits per heavy atom.